The summed E-state index contributed by atoms with van der Waals surface area (Å²) in [6.07, 6.45) is 6.67. The van der Waals surface area contributed by atoms with Crippen molar-refractivity contribution in [3.63, 3.8) is 0 Å². The average molecular weight is 341 g/mol. The quantitative estimate of drug-likeness (QED) is 0.888. The lowest BCUT2D eigenvalue weighted by molar-refractivity contribution is -0.128. The number of likely N-dealkylation sites (tertiary alicyclic amines) is 1. The fourth-order valence-corrected chi connectivity index (χ4v) is 4.74. The molecule has 1 aromatic rings. The Balaban J connectivity index is 1.44. The van der Waals surface area contributed by atoms with Crippen LogP contribution in [0.4, 0.5) is 5.69 Å². The lowest BCUT2D eigenvalue weighted by Crippen LogP contribution is -2.44. The van der Waals surface area contributed by atoms with Crippen LogP contribution in [-0.2, 0) is 4.79 Å². The standard InChI is InChI=1S/C20H27N3O2/c24-18(23-11-3-4-12-23)15-6-8-17(9-7-15)22-19(25)20-10-2-1-5-16(20)13-21-14-20/h6-9,16,21H,1-5,10-14H2,(H,22,25)/t16-,20+/m0/s1. The highest BCUT2D eigenvalue weighted by atomic mass is 16.2. The zero-order valence-corrected chi connectivity index (χ0v) is 14.7. The Bertz CT molecular complexity index is 651. The van der Waals surface area contributed by atoms with E-state index in [9.17, 15) is 9.59 Å². The first-order valence-electron chi connectivity index (χ1n) is 9.61. The first-order valence-corrected chi connectivity index (χ1v) is 9.61. The van der Waals surface area contributed by atoms with Crippen LogP contribution in [0.15, 0.2) is 24.3 Å². The molecule has 4 rings (SSSR count). The third-order valence-corrected chi connectivity index (χ3v) is 6.27. The van der Waals surface area contributed by atoms with E-state index >= 15 is 0 Å². The monoisotopic (exact) mass is 341 g/mol. The summed E-state index contributed by atoms with van der Waals surface area (Å²) in [6, 6.07) is 7.38. The molecule has 2 heterocycles. The fraction of sp³-hybridized carbons (Fsp3) is 0.600. The second-order valence-electron chi connectivity index (χ2n) is 7.76. The number of hydrogen-bond donors (Lipinski definition) is 2. The molecule has 0 bridgehead atoms. The Hall–Kier alpha value is -1.88. The van der Waals surface area contributed by atoms with Gasteiger partial charge in [0.15, 0.2) is 0 Å². The van der Waals surface area contributed by atoms with Gasteiger partial charge >= 0.3 is 0 Å². The molecule has 0 radical (unpaired) electrons. The number of nitrogens with zero attached hydrogens (tertiary/aromatic N) is 1. The van der Waals surface area contributed by atoms with Gasteiger partial charge in [-0.3, -0.25) is 9.59 Å². The molecule has 1 aromatic carbocycles. The number of carbonyl (C=O) groups excluding carboxylic acids is 2. The van der Waals surface area contributed by atoms with Crippen molar-refractivity contribution in [3.05, 3.63) is 29.8 Å². The number of rotatable bonds is 3. The van der Waals surface area contributed by atoms with E-state index in [2.05, 4.69) is 10.6 Å². The van der Waals surface area contributed by atoms with Crippen LogP contribution < -0.4 is 10.6 Å². The maximum Gasteiger partial charge on any atom is 0.253 e. The Morgan fingerprint density at radius 1 is 1.08 bits per heavy atom. The molecule has 0 unspecified atom stereocenters. The van der Waals surface area contributed by atoms with Crippen molar-refractivity contribution in [2.45, 2.75) is 38.5 Å². The number of anilines is 1. The molecule has 3 aliphatic rings. The van der Waals surface area contributed by atoms with Crippen molar-refractivity contribution < 1.29 is 9.59 Å². The molecule has 0 aromatic heterocycles. The second-order valence-corrected chi connectivity index (χ2v) is 7.76. The molecule has 2 N–H and O–H groups in total. The van der Waals surface area contributed by atoms with E-state index in [-0.39, 0.29) is 17.2 Å². The molecular formula is C20H27N3O2. The first-order chi connectivity index (χ1) is 12.2. The van der Waals surface area contributed by atoms with Gasteiger partial charge in [-0.25, -0.2) is 0 Å². The van der Waals surface area contributed by atoms with Crippen molar-refractivity contribution in [1.29, 1.82) is 0 Å². The maximum absolute atomic E-state index is 13.0. The summed E-state index contributed by atoms with van der Waals surface area (Å²) in [5, 5.41) is 6.52. The van der Waals surface area contributed by atoms with E-state index in [0.717, 1.165) is 64.0 Å². The fourth-order valence-electron chi connectivity index (χ4n) is 4.74. The number of carbonyl (C=O) groups is 2. The van der Waals surface area contributed by atoms with Gasteiger partial charge in [-0.05, 0) is 62.4 Å². The van der Waals surface area contributed by atoms with E-state index in [4.69, 9.17) is 0 Å². The van der Waals surface area contributed by atoms with Gasteiger partial charge in [0.1, 0.15) is 0 Å². The highest BCUT2D eigenvalue weighted by molar-refractivity contribution is 5.98. The van der Waals surface area contributed by atoms with Crippen LogP contribution in [0.1, 0.15) is 48.9 Å². The predicted octanol–water partition coefficient (Wildman–Crippen LogP) is 2.64. The Morgan fingerprint density at radius 3 is 2.60 bits per heavy atom. The Morgan fingerprint density at radius 2 is 1.84 bits per heavy atom. The molecule has 2 aliphatic heterocycles. The zero-order chi connectivity index (χ0) is 17.3. The predicted molar refractivity (Wildman–Crippen MR) is 97.5 cm³/mol. The summed E-state index contributed by atoms with van der Waals surface area (Å²) in [5.74, 6) is 0.694. The van der Waals surface area contributed by atoms with Gasteiger partial charge in [0, 0.05) is 30.9 Å². The maximum atomic E-state index is 13.0. The van der Waals surface area contributed by atoms with Gasteiger partial charge in [0.25, 0.3) is 5.91 Å². The SMILES string of the molecule is O=C(c1ccc(NC(=O)[C@@]23CCCC[C@H]2CNC3)cc1)N1CCCC1. The summed E-state index contributed by atoms with van der Waals surface area (Å²) in [7, 11) is 0. The summed E-state index contributed by atoms with van der Waals surface area (Å²) in [5.41, 5.74) is 1.24. The largest absolute Gasteiger partial charge is 0.339 e. The van der Waals surface area contributed by atoms with Crippen molar-refractivity contribution >= 4 is 17.5 Å². The zero-order valence-electron chi connectivity index (χ0n) is 14.7. The number of nitrogens with one attached hydrogen (secondary N) is 2. The van der Waals surface area contributed by atoms with Gasteiger partial charge < -0.3 is 15.5 Å². The smallest absolute Gasteiger partial charge is 0.253 e. The summed E-state index contributed by atoms with van der Waals surface area (Å²) in [6.45, 7) is 3.45. The van der Waals surface area contributed by atoms with Crippen LogP contribution in [0.2, 0.25) is 0 Å². The van der Waals surface area contributed by atoms with Crippen molar-refractivity contribution in [2.75, 3.05) is 31.5 Å². The van der Waals surface area contributed by atoms with Crippen LogP contribution >= 0.6 is 0 Å². The van der Waals surface area contributed by atoms with Gasteiger partial charge in [0.05, 0.1) is 5.41 Å². The average Bonchev–Trinajstić information content (AvgIpc) is 3.32. The molecule has 2 amide bonds. The van der Waals surface area contributed by atoms with E-state index in [0.29, 0.717) is 11.5 Å². The molecule has 3 fully saturated rings. The molecule has 134 valence electrons. The number of benzene rings is 1. The van der Waals surface area contributed by atoms with Crippen molar-refractivity contribution in [3.8, 4) is 0 Å². The summed E-state index contributed by atoms with van der Waals surface area (Å²) >= 11 is 0. The van der Waals surface area contributed by atoms with Gasteiger partial charge in [-0.15, -0.1) is 0 Å². The van der Waals surface area contributed by atoms with E-state index in [1.165, 1.54) is 6.42 Å². The van der Waals surface area contributed by atoms with Gasteiger partial charge in [-0.1, -0.05) is 12.8 Å². The molecule has 0 spiro atoms. The lowest BCUT2D eigenvalue weighted by atomic mass is 9.67. The Kier molecular flexibility index (Phi) is 4.50. The Labute approximate surface area is 149 Å². The minimum Gasteiger partial charge on any atom is -0.339 e. The molecule has 2 atom stereocenters. The van der Waals surface area contributed by atoms with Crippen LogP contribution in [0.3, 0.4) is 0 Å². The second kappa shape index (κ2) is 6.79. The van der Waals surface area contributed by atoms with Crippen molar-refractivity contribution in [2.24, 2.45) is 11.3 Å². The minimum atomic E-state index is -0.248. The molecular weight excluding hydrogens is 314 g/mol. The topological polar surface area (TPSA) is 61.4 Å². The van der Waals surface area contributed by atoms with Crippen molar-refractivity contribution in [1.82, 2.24) is 10.2 Å². The van der Waals surface area contributed by atoms with Gasteiger partial charge in [-0.2, -0.15) is 0 Å². The number of hydrogen-bond acceptors (Lipinski definition) is 3. The van der Waals surface area contributed by atoms with Crippen LogP contribution in [-0.4, -0.2) is 42.9 Å². The van der Waals surface area contributed by atoms with E-state index in [1.807, 2.05) is 29.2 Å². The number of fused-ring (bicyclic) bond motifs is 1. The molecule has 5 nitrogen and oxygen atoms in total. The third-order valence-electron chi connectivity index (χ3n) is 6.27. The first kappa shape index (κ1) is 16.6. The lowest BCUT2D eigenvalue weighted by Gasteiger charge is -2.37. The van der Waals surface area contributed by atoms with Gasteiger partial charge in [0.2, 0.25) is 5.91 Å². The van der Waals surface area contributed by atoms with E-state index in [1.54, 1.807) is 0 Å². The third kappa shape index (κ3) is 3.06. The molecule has 2 saturated heterocycles. The molecule has 25 heavy (non-hydrogen) atoms. The number of amides is 2. The van der Waals surface area contributed by atoms with Crippen LogP contribution in [0.5, 0.6) is 0 Å². The molecule has 1 saturated carbocycles. The summed E-state index contributed by atoms with van der Waals surface area (Å²) in [4.78, 5) is 27.3. The van der Waals surface area contributed by atoms with Crippen LogP contribution in [0.25, 0.3) is 0 Å². The molecule has 5 heteroatoms. The minimum absolute atomic E-state index is 0.0984. The molecule has 1 aliphatic carbocycles. The normalized spacial score (nSPS) is 28.6. The summed E-state index contributed by atoms with van der Waals surface area (Å²) < 4.78 is 0. The van der Waals surface area contributed by atoms with Crippen LogP contribution in [0, 0.1) is 11.3 Å². The highest BCUT2D eigenvalue weighted by Crippen LogP contribution is 2.44. The van der Waals surface area contributed by atoms with E-state index < -0.39 is 0 Å². The highest BCUT2D eigenvalue weighted by Gasteiger charge is 2.49.